The highest BCUT2D eigenvalue weighted by atomic mass is 16.4. The minimum absolute atomic E-state index is 0.102. The van der Waals surface area contributed by atoms with Crippen LogP contribution >= 0.6 is 0 Å². The lowest BCUT2D eigenvalue weighted by molar-refractivity contribution is 0.0697. The molecule has 1 aromatic rings. The number of benzene rings is 1. The average Bonchev–Trinajstić information content (AvgIpc) is 2.34. The van der Waals surface area contributed by atoms with Gasteiger partial charge in [-0.2, -0.15) is 0 Å². The van der Waals surface area contributed by atoms with Crippen LogP contribution in [0.5, 0.6) is 0 Å². The van der Waals surface area contributed by atoms with Gasteiger partial charge in [0.2, 0.25) is 0 Å². The zero-order valence-electron chi connectivity index (χ0n) is 10.1. The van der Waals surface area contributed by atoms with E-state index in [9.17, 15) is 4.79 Å². The zero-order chi connectivity index (χ0) is 12.7. The van der Waals surface area contributed by atoms with Gasteiger partial charge in [0, 0.05) is 18.8 Å². The Morgan fingerprint density at radius 3 is 2.35 bits per heavy atom. The second kappa shape index (κ2) is 6.91. The molecule has 0 unspecified atom stereocenters. The Morgan fingerprint density at radius 2 is 1.88 bits per heavy atom. The number of aromatic carboxylic acids is 1. The number of aliphatic hydroxyl groups excluding tert-OH is 1. The maximum absolute atomic E-state index is 10.7. The van der Waals surface area contributed by atoms with Crippen LogP contribution in [0.25, 0.3) is 0 Å². The Balaban J connectivity index is 2.75. The Morgan fingerprint density at radius 1 is 1.24 bits per heavy atom. The molecule has 0 atom stereocenters. The molecule has 0 aliphatic carbocycles. The summed E-state index contributed by atoms with van der Waals surface area (Å²) in [5.41, 5.74) is 1.24. The van der Waals surface area contributed by atoms with Gasteiger partial charge in [-0.1, -0.05) is 13.3 Å². The molecule has 0 radical (unpaired) electrons. The lowest BCUT2D eigenvalue weighted by Crippen LogP contribution is -2.27. The fraction of sp³-hybridized carbons (Fsp3) is 0.462. The van der Waals surface area contributed by atoms with Gasteiger partial charge in [-0.3, -0.25) is 0 Å². The van der Waals surface area contributed by atoms with E-state index in [0.717, 1.165) is 25.1 Å². The quantitative estimate of drug-likeness (QED) is 0.761. The topological polar surface area (TPSA) is 60.8 Å². The third kappa shape index (κ3) is 4.07. The van der Waals surface area contributed by atoms with E-state index in [1.54, 1.807) is 24.3 Å². The first-order valence-corrected chi connectivity index (χ1v) is 5.88. The summed E-state index contributed by atoms with van der Waals surface area (Å²) in [6, 6.07) is 6.76. The second-order valence-corrected chi connectivity index (χ2v) is 3.92. The molecule has 1 aromatic carbocycles. The molecular weight excluding hydrogens is 218 g/mol. The molecule has 0 saturated carbocycles. The fourth-order valence-electron chi connectivity index (χ4n) is 1.65. The van der Waals surface area contributed by atoms with Gasteiger partial charge >= 0.3 is 5.97 Å². The van der Waals surface area contributed by atoms with Crippen molar-refractivity contribution in [1.29, 1.82) is 0 Å². The lowest BCUT2D eigenvalue weighted by atomic mass is 10.2. The smallest absolute Gasteiger partial charge is 0.335 e. The molecule has 0 aliphatic rings. The van der Waals surface area contributed by atoms with Crippen molar-refractivity contribution in [3.8, 4) is 0 Å². The Bertz CT molecular complexity index is 348. The number of aliphatic hydroxyl groups is 1. The maximum atomic E-state index is 10.7. The predicted molar refractivity (Wildman–Crippen MR) is 67.6 cm³/mol. The monoisotopic (exact) mass is 237 g/mol. The number of nitrogens with zero attached hydrogens (tertiary/aromatic N) is 1. The predicted octanol–water partition coefficient (Wildman–Crippen LogP) is 1.98. The number of rotatable bonds is 7. The largest absolute Gasteiger partial charge is 0.478 e. The van der Waals surface area contributed by atoms with Crippen LogP contribution in [0, 0.1) is 0 Å². The van der Waals surface area contributed by atoms with Crippen LogP contribution in [-0.4, -0.2) is 35.9 Å². The van der Waals surface area contributed by atoms with Crippen LogP contribution in [0.15, 0.2) is 24.3 Å². The van der Waals surface area contributed by atoms with Crippen LogP contribution < -0.4 is 4.90 Å². The minimum Gasteiger partial charge on any atom is -0.478 e. The van der Waals surface area contributed by atoms with Gasteiger partial charge < -0.3 is 15.1 Å². The van der Waals surface area contributed by atoms with E-state index in [2.05, 4.69) is 11.8 Å². The van der Waals surface area contributed by atoms with Crippen LogP contribution in [0.3, 0.4) is 0 Å². The summed E-state index contributed by atoms with van der Waals surface area (Å²) in [5.74, 6) is -0.918. The Kier molecular flexibility index (Phi) is 5.49. The molecule has 0 aliphatic heterocycles. The number of carboxylic acids is 1. The fourth-order valence-corrected chi connectivity index (χ4v) is 1.65. The van der Waals surface area contributed by atoms with E-state index in [1.807, 2.05) is 0 Å². The molecule has 4 nitrogen and oxygen atoms in total. The molecule has 4 heteroatoms. The third-order valence-electron chi connectivity index (χ3n) is 2.63. The van der Waals surface area contributed by atoms with Crippen LogP contribution in [0.4, 0.5) is 5.69 Å². The van der Waals surface area contributed by atoms with E-state index in [0.29, 0.717) is 6.54 Å². The maximum Gasteiger partial charge on any atom is 0.335 e. The van der Waals surface area contributed by atoms with Crippen LogP contribution in [-0.2, 0) is 0 Å². The van der Waals surface area contributed by atoms with E-state index < -0.39 is 5.97 Å². The summed E-state index contributed by atoms with van der Waals surface area (Å²) in [6.45, 7) is 3.67. The van der Waals surface area contributed by atoms with Crippen LogP contribution in [0.2, 0.25) is 0 Å². The van der Waals surface area contributed by atoms with E-state index >= 15 is 0 Å². The van der Waals surface area contributed by atoms with E-state index in [-0.39, 0.29) is 12.2 Å². The van der Waals surface area contributed by atoms with Crippen molar-refractivity contribution >= 4 is 11.7 Å². The zero-order valence-corrected chi connectivity index (χ0v) is 10.1. The summed E-state index contributed by atoms with van der Waals surface area (Å²) in [6.07, 6.45) is 2.15. The van der Waals surface area contributed by atoms with Crippen molar-refractivity contribution in [3.63, 3.8) is 0 Å². The minimum atomic E-state index is -0.918. The molecule has 0 saturated heterocycles. The van der Waals surface area contributed by atoms with Crippen LogP contribution in [0.1, 0.15) is 30.1 Å². The van der Waals surface area contributed by atoms with Gasteiger partial charge in [0.05, 0.1) is 12.2 Å². The number of hydrogen-bond donors (Lipinski definition) is 2. The van der Waals surface area contributed by atoms with E-state index in [4.69, 9.17) is 10.2 Å². The summed E-state index contributed by atoms with van der Waals surface area (Å²) >= 11 is 0. The molecule has 0 bridgehead atoms. The molecule has 94 valence electrons. The molecule has 0 aromatic heterocycles. The summed E-state index contributed by atoms with van der Waals surface area (Å²) in [5, 5.41) is 17.8. The first-order chi connectivity index (χ1) is 8.19. The number of hydrogen-bond acceptors (Lipinski definition) is 3. The Labute approximate surface area is 101 Å². The first-order valence-electron chi connectivity index (χ1n) is 5.88. The van der Waals surface area contributed by atoms with Gasteiger partial charge in [0.25, 0.3) is 0 Å². The summed E-state index contributed by atoms with van der Waals surface area (Å²) in [7, 11) is 0. The van der Waals surface area contributed by atoms with Crippen molar-refractivity contribution in [1.82, 2.24) is 0 Å². The van der Waals surface area contributed by atoms with Crippen molar-refractivity contribution in [2.24, 2.45) is 0 Å². The molecule has 0 amide bonds. The standard InChI is InChI=1S/C13H19NO3/c1-2-3-8-14(9-10-15)12-6-4-11(5-7-12)13(16)17/h4-7,15H,2-3,8-10H2,1H3,(H,16,17). The van der Waals surface area contributed by atoms with Crippen molar-refractivity contribution in [3.05, 3.63) is 29.8 Å². The second-order valence-electron chi connectivity index (χ2n) is 3.92. The van der Waals surface area contributed by atoms with Gasteiger partial charge in [0.1, 0.15) is 0 Å². The van der Waals surface area contributed by atoms with Crippen molar-refractivity contribution in [2.75, 3.05) is 24.6 Å². The van der Waals surface area contributed by atoms with Crippen molar-refractivity contribution in [2.45, 2.75) is 19.8 Å². The third-order valence-corrected chi connectivity index (χ3v) is 2.63. The molecule has 0 spiro atoms. The van der Waals surface area contributed by atoms with Gasteiger partial charge in [-0.25, -0.2) is 4.79 Å². The molecule has 0 fully saturated rings. The number of carbonyl (C=O) groups is 1. The molecule has 1 rings (SSSR count). The van der Waals surface area contributed by atoms with Crippen molar-refractivity contribution < 1.29 is 15.0 Å². The highest BCUT2D eigenvalue weighted by Crippen LogP contribution is 2.15. The first kappa shape index (κ1) is 13.5. The lowest BCUT2D eigenvalue weighted by Gasteiger charge is -2.23. The van der Waals surface area contributed by atoms with Gasteiger partial charge in [-0.05, 0) is 30.7 Å². The number of carboxylic acid groups (broad SMARTS) is 1. The number of anilines is 1. The average molecular weight is 237 g/mol. The summed E-state index contributed by atoms with van der Waals surface area (Å²) < 4.78 is 0. The molecule has 2 N–H and O–H groups in total. The highest BCUT2D eigenvalue weighted by Gasteiger charge is 2.07. The normalized spacial score (nSPS) is 10.2. The molecule has 0 heterocycles. The highest BCUT2D eigenvalue weighted by molar-refractivity contribution is 5.88. The number of unbranched alkanes of at least 4 members (excludes halogenated alkanes) is 1. The SMILES string of the molecule is CCCCN(CCO)c1ccc(C(=O)O)cc1. The van der Waals surface area contributed by atoms with Gasteiger partial charge in [0.15, 0.2) is 0 Å². The summed E-state index contributed by atoms with van der Waals surface area (Å²) in [4.78, 5) is 12.8. The molecular formula is C13H19NO3. The Hall–Kier alpha value is -1.55. The van der Waals surface area contributed by atoms with Gasteiger partial charge in [-0.15, -0.1) is 0 Å². The molecule has 17 heavy (non-hydrogen) atoms. The van der Waals surface area contributed by atoms with E-state index in [1.165, 1.54) is 0 Å².